The van der Waals surface area contributed by atoms with E-state index in [4.69, 9.17) is 0 Å². The van der Waals surface area contributed by atoms with E-state index in [1.807, 2.05) is 33.1 Å². The van der Waals surface area contributed by atoms with Crippen LogP contribution in [-0.2, 0) is 17.6 Å². The lowest BCUT2D eigenvalue weighted by Gasteiger charge is -2.09. The first-order valence-corrected chi connectivity index (χ1v) is 8.85. The number of aromatic amines is 1. The number of carbonyl (C=O) groups excluding carboxylic acids is 1. The van der Waals surface area contributed by atoms with Crippen LogP contribution >= 0.6 is 11.8 Å². The van der Waals surface area contributed by atoms with Crippen molar-refractivity contribution in [3.63, 3.8) is 0 Å². The number of aromatic nitrogens is 6. The number of carbonyl (C=O) groups is 1. The van der Waals surface area contributed by atoms with Gasteiger partial charge in [0.25, 0.3) is 5.78 Å². The largest absolute Gasteiger partial charge is 0.309 e. The molecule has 1 amide bonds. The molecule has 0 saturated carbocycles. The lowest BCUT2D eigenvalue weighted by molar-refractivity contribution is -0.115. The first-order valence-electron chi connectivity index (χ1n) is 7.62. The van der Waals surface area contributed by atoms with Gasteiger partial charge in [0.1, 0.15) is 0 Å². The van der Waals surface area contributed by atoms with Crippen molar-refractivity contribution in [2.45, 2.75) is 38.8 Å². The monoisotopic (exact) mass is 345 g/mol. The SMILES string of the molecule is CCc1cc(NC(=O)Cc2c(C)nc3nc(SC)nn3c2C)n[nH]1. The average Bonchev–Trinajstić information content (AvgIpc) is 3.17. The lowest BCUT2D eigenvalue weighted by Crippen LogP contribution is -2.18. The Balaban J connectivity index is 1.84. The van der Waals surface area contributed by atoms with Crippen LogP contribution in [0.5, 0.6) is 0 Å². The predicted molar refractivity (Wildman–Crippen MR) is 92.3 cm³/mol. The summed E-state index contributed by atoms with van der Waals surface area (Å²) < 4.78 is 1.69. The van der Waals surface area contributed by atoms with Gasteiger partial charge in [0.05, 0.1) is 6.42 Å². The number of aryl methyl sites for hydroxylation is 3. The molecule has 0 spiro atoms. The summed E-state index contributed by atoms with van der Waals surface area (Å²) >= 11 is 1.46. The normalized spacial score (nSPS) is 11.2. The van der Waals surface area contributed by atoms with Crippen LogP contribution in [0, 0.1) is 13.8 Å². The van der Waals surface area contributed by atoms with Gasteiger partial charge in [-0.05, 0) is 26.5 Å². The van der Waals surface area contributed by atoms with Gasteiger partial charge in [-0.2, -0.15) is 10.1 Å². The van der Waals surface area contributed by atoms with Gasteiger partial charge in [0.2, 0.25) is 11.1 Å². The second-order valence-corrected chi connectivity index (χ2v) is 6.20. The fourth-order valence-corrected chi connectivity index (χ4v) is 2.82. The van der Waals surface area contributed by atoms with Gasteiger partial charge >= 0.3 is 0 Å². The highest BCUT2D eigenvalue weighted by molar-refractivity contribution is 7.98. The average molecular weight is 345 g/mol. The number of thioether (sulfide) groups is 1. The molecule has 0 aliphatic heterocycles. The summed E-state index contributed by atoms with van der Waals surface area (Å²) in [7, 11) is 0. The molecule has 3 rings (SSSR count). The zero-order chi connectivity index (χ0) is 17.3. The van der Waals surface area contributed by atoms with Crippen molar-refractivity contribution in [1.82, 2.24) is 29.8 Å². The molecule has 24 heavy (non-hydrogen) atoms. The van der Waals surface area contributed by atoms with Gasteiger partial charge < -0.3 is 5.32 Å². The van der Waals surface area contributed by atoms with E-state index in [2.05, 4.69) is 30.6 Å². The zero-order valence-corrected chi connectivity index (χ0v) is 14.9. The minimum atomic E-state index is -0.137. The number of fused-ring (bicyclic) bond motifs is 1. The van der Waals surface area contributed by atoms with Crippen molar-refractivity contribution in [3.8, 4) is 0 Å². The molecular weight excluding hydrogens is 326 g/mol. The summed E-state index contributed by atoms with van der Waals surface area (Å²) in [6, 6.07) is 1.83. The Kier molecular flexibility index (Phi) is 4.52. The molecule has 9 heteroatoms. The maximum Gasteiger partial charge on any atom is 0.253 e. The Labute approximate surface area is 143 Å². The minimum absolute atomic E-state index is 0.137. The smallest absolute Gasteiger partial charge is 0.253 e. The van der Waals surface area contributed by atoms with Crippen LogP contribution in [0.1, 0.15) is 29.6 Å². The van der Waals surface area contributed by atoms with Crippen molar-refractivity contribution in [2.24, 2.45) is 0 Å². The van der Waals surface area contributed by atoms with Crippen molar-refractivity contribution in [2.75, 3.05) is 11.6 Å². The van der Waals surface area contributed by atoms with E-state index >= 15 is 0 Å². The highest BCUT2D eigenvalue weighted by atomic mass is 32.2. The highest BCUT2D eigenvalue weighted by Gasteiger charge is 2.16. The minimum Gasteiger partial charge on any atom is -0.309 e. The number of nitrogens with one attached hydrogen (secondary N) is 2. The Hall–Kier alpha value is -2.42. The third kappa shape index (κ3) is 3.12. The van der Waals surface area contributed by atoms with Gasteiger partial charge in [0.15, 0.2) is 5.82 Å². The molecule has 0 atom stereocenters. The van der Waals surface area contributed by atoms with Gasteiger partial charge in [0, 0.05) is 28.7 Å². The molecule has 0 aliphatic rings. The summed E-state index contributed by atoms with van der Waals surface area (Å²) in [6.45, 7) is 5.83. The molecule has 3 aromatic heterocycles. The summed E-state index contributed by atoms with van der Waals surface area (Å²) in [5, 5.41) is 14.8. The molecule has 2 N–H and O–H groups in total. The number of hydrogen-bond donors (Lipinski definition) is 2. The Morgan fingerprint density at radius 3 is 2.83 bits per heavy atom. The first kappa shape index (κ1) is 16.4. The second kappa shape index (κ2) is 6.60. The first-order chi connectivity index (χ1) is 11.5. The third-order valence-corrected chi connectivity index (χ3v) is 4.37. The number of anilines is 1. The van der Waals surface area contributed by atoms with Crippen molar-refractivity contribution < 1.29 is 4.79 Å². The van der Waals surface area contributed by atoms with Crippen LogP contribution in [0.15, 0.2) is 11.2 Å². The van der Waals surface area contributed by atoms with Gasteiger partial charge in [-0.25, -0.2) is 9.50 Å². The standard InChI is InChI=1S/C15H19N7OS/c1-5-10-6-12(20-19-10)17-13(23)7-11-8(2)16-14-18-15(24-4)21-22(14)9(11)3/h6H,5,7H2,1-4H3,(H2,17,19,20,23). The Morgan fingerprint density at radius 1 is 1.38 bits per heavy atom. The summed E-state index contributed by atoms with van der Waals surface area (Å²) in [4.78, 5) is 21.1. The number of amides is 1. The molecule has 0 aliphatic carbocycles. The van der Waals surface area contributed by atoms with Crippen LogP contribution < -0.4 is 5.32 Å². The van der Waals surface area contributed by atoms with E-state index in [9.17, 15) is 4.79 Å². The van der Waals surface area contributed by atoms with Crippen LogP contribution in [0.2, 0.25) is 0 Å². The Morgan fingerprint density at radius 2 is 2.17 bits per heavy atom. The number of rotatable bonds is 5. The quantitative estimate of drug-likeness (QED) is 0.685. The molecule has 0 fully saturated rings. The van der Waals surface area contributed by atoms with Crippen LogP contribution in [0.4, 0.5) is 5.82 Å². The van der Waals surface area contributed by atoms with Crippen molar-refractivity contribution in [1.29, 1.82) is 0 Å². The number of H-pyrrole nitrogens is 1. The van der Waals surface area contributed by atoms with Crippen molar-refractivity contribution >= 4 is 29.3 Å². The molecule has 0 saturated heterocycles. The maximum atomic E-state index is 12.3. The summed E-state index contributed by atoms with van der Waals surface area (Å²) in [6.07, 6.45) is 2.97. The van der Waals surface area contributed by atoms with Crippen molar-refractivity contribution in [3.05, 3.63) is 28.7 Å². The topological polar surface area (TPSA) is 101 Å². The fraction of sp³-hybridized carbons (Fsp3) is 0.400. The molecule has 3 aromatic rings. The summed E-state index contributed by atoms with van der Waals surface area (Å²) in [5.74, 6) is 0.951. The molecule has 0 aromatic carbocycles. The molecule has 0 bridgehead atoms. The Bertz CT molecular complexity index is 899. The number of nitrogens with zero attached hydrogens (tertiary/aromatic N) is 5. The van der Waals surface area contributed by atoms with Gasteiger partial charge in [-0.1, -0.05) is 18.7 Å². The molecular formula is C15H19N7OS. The van der Waals surface area contributed by atoms with E-state index in [-0.39, 0.29) is 12.3 Å². The zero-order valence-electron chi connectivity index (χ0n) is 14.0. The lowest BCUT2D eigenvalue weighted by atomic mass is 10.1. The van der Waals surface area contributed by atoms with Crippen LogP contribution in [0.25, 0.3) is 5.78 Å². The van der Waals surface area contributed by atoms with E-state index in [0.717, 1.165) is 29.1 Å². The van der Waals surface area contributed by atoms with E-state index < -0.39 is 0 Å². The highest BCUT2D eigenvalue weighted by Crippen LogP contribution is 2.17. The second-order valence-electron chi connectivity index (χ2n) is 5.43. The van der Waals surface area contributed by atoms with E-state index in [1.54, 1.807) is 4.52 Å². The third-order valence-electron chi connectivity index (χ3n) is 3.83. The number of hydrogen-bond acceptors (Lipinski definition) is 6. The molecule has 0 unspecified atom stereocenters. The van der Waals surface area contributed by atoms with E-state index in [0.29, 0.717) is 16.8 Å². The maximum absolute atomic E-state index is 12.3. The van der Waals surface area contributed by atoms with Gasteiger partial charge in [-0.3, -0.25) is 9.89 Å². The molecule has 3 heterocycles. The van der Waals surface area contributed by atoms with E-state index in [1.165, 1.54) is 11.8 Å². The molecule has 8 nitrogen and oxygen atoms in total. The fourth-order valence-electron chi connectivity index (χ4n) is 2.49. The molecule has 0 radical (unpaired) electrons. The van der Waals surface area contributed by atoms with Crippen LogP contribution in [0.3, 0.4) is 0 Å². The van der Waals surface area contributed by atoms with Crippen LogP contribution in [-0.4, -0.2) is 41.9 Å². The van der Waals surface area contributed by atoms with Gasteiger partial charge in [-0.15, -0.1) is 5.10 Å². The summed E-state index contributed by atoms with van der Waals surface area (Å²) in [5.41, 5.74) is 3.49. The predicted octanol–water partition coefficient (Wildman–Crippen LogP) is 1.93. The molecule has 126 valence electrons.